The average molecular weight is 290 g/mol. The van der Waals surface area contributed by atoms with Crippen LogP contribution in [0.5, 0.6) is 5.75 Å². The summed E-state index contributed by atoms with van der Waals surface area (Å²) in [6.07, 6.45) is -3.57. The Morgan fingerprint density at radius 3 is 2.30 bits per heavy atom. The fourth-order valence-electron chi connectivity index (χ4n) is 1.96. The fraction of sp³-hybridized carbons (Fsp3) is 0.571. The molecule has 1 N–H and O–H groups in total. The van der Waals surface area contributed by atoms with Gasteiger partial charge in [-0.25, -0.2) is 0 Å². The minimum absolute atomic E-state index is 0.427. The molecule has 20 heavy (non-hydrogen) atoms. The molecule has 0 atom stereocenters. The maximum Gasteiger partial charge on any atom is 0.419 e. The van der Waals surface area contributed by atoms with Gasteiger partial charge in [0.25, 0.3) is 0 Å². The molecule has 0 aliphatic heterocycles. The highest BCUT2D eigenvalue weighted by molar-refractivity contribution is 5.38. The molecular weight excluding hydrogens is 269 g/mol. The lowest BCUT2D eigenvalue weighted by Crippen LogP contribution is -2.23. The van der Waals surface area contributed by atoms with Crippen LogP contribution in [0.15, 0.2) is 18.2 Å². The van der Waals surface area contributed by atoms with Crippen LogP contribution in [-0.2, 0) is 12.7 Å². The van der Waals surface area contributed by atoms with Crippen molar-refractivity contribution in [1.29, 1.82) is 0 Å². The van der Waals surface area contributed by atoms with Crippen molar-refractivity contribution in [3.63, 3.8) is 0 Å². The maximum atomic E-state index is 12.7. The van der Waals surface area contributed by atoms with Crippen molar-refractivity contribution in [3.8, 4) is 5.75 Å². The van der Waals surface area contributed by atoms with Gasteiger partial charge in [-0.3, -0.25) is 0 Å². The number of hydrogen-bond acceptors (Lipinski definition) is 3. The van der Waals surface area contributed by atoms with Crippen LogP contribution in [0, 0.1) is 0 Å². The number of aromatic hydroxyl groups is 1. The summed E-state index contributed by atoms with van der Waals surface area (Å²) < 4.78 is 38.0. The van der Waals surface area contributed by atoms with Crippen molar-refractivity contribution in [3.05, 3.63) is 29.3 Å². The van der Waals surface area contributed by atoms with Gasteiger partial charge in [0.15, 0.2) is 0 Å². The molecule has 0 aliphatic carbocycles. The highest BCUT2D eigenvalue weighted by Crippen LogP contribution is 2.36. The molecule has 6 heteroatoms. The largest absolute Gasteiger partial charge is 0.507 e. The number of nitrogens with zero attached hydrogens (tertiary/aromatic N) is 2. The first kappa shape index (κ1) is 16.8. The van der Waals surface area contributed by atoms with Crippen molar-refractivity contribution in [1.82, 2.24) is 9.80 Å². The Hall–Kier alpha value is -1.27. The van der Waals surface area contributed by atoms with Crippen LogP contribution in [0.2, 0.25) is 0 Å². The third-order valence-corrected chi connectivity index (χ3v) is 2.96. The van der Waals surface area contributed by atoms with Gasteiger partial charge in [0.2, 0.25) is 0 Å². The number of rotatable bonds is 6. The third kappa shape index (κ3) is 5.38. The number of hydrogen-bond donors (Lipinski definition) is 1. The smallest absolute Gasteiger partial charge is 0.419 e. The standard InChI is InChI=1S/C14H21F3N2O/c1-18(2)7-4-8-19(3)10-11-5-6-13(20)12(9-11)14(15,16)17/h5-6,9,20H,4,7-8,10H2,1-3H3. The number of benzene rings is 1. The summed E-state index contributed by atoms with van der Waals surface area (Å²) >= 11 is 0. The zero-order valence-electron chi connectivity index (χ0n) is 12.0. The van der Waals surface area contributed by atoms with Crippen LogP contribution in [0.3, 0.4) is 0 Å². The maximum absolute atomic E-state index is 12.7. The first-order chi connectivity index (χ1) is 9.20. The normalized spacial score (nSPS) is 12.4. The van der Waals surface area contributed by atoms with Gasteiger partial charge in [0.1, 0.15) is 5.75 Å². The Morgan fingerprint density at radius 2 is 1.75 bits per heavy atom. The number of halogens is 3. The zero-order chi connectivity index (χ0) is 15.3. The topological polar surface area (TPSA) is 26.7 Å². The molecule has 0 fully saturated rings. The van der Waals surface area contributed by atoms with E-state index in [2.05, 4.69) is 4.90 Å². The Bertz CT molecular complexity index is 433. The van der Waals surface area contributed by atoms with Gasteiger partial charge in [-0.2, -0.15) is 13.2 Å². The van der Waals surface area contributed by atoms with E-state index in [-0.39, 0.29) is 0 Å². The summed E-state index contributed by atoms with van der Waals surface area (Å²) in [4.78, 5) is 4.03. The van der Waals surface area contributed by atoms with E-state index in [9.17, 15) is 18.3 Å². The zero-order valence-corrected chi connectivity index (χ0v) is 12.0. The lowest BCUT2D eigenvalue weighted by Gasteiger charge is -2.19. The lowest BCUT2D eigenvalue weighted by molar-refractivity contribution is -0.138. The van der Waals surface area contributed by atoms with E-state index in [1.54, 1.807) is 0 Å². The van der Waals surface area contributed by atoms with Crippen LogP contribution in [0.1, 0.15) is 17.5 Å². The fourth-order valence-corrected chi connectivity index (χ4v) is 1.96. The monoisotopic (exact) mass is 290 g/mol. The second-order valence-corrected chi connectivity index (χ2v) is 5.24. The predicted molar refractivity (Wildman–Crippen MR) is 72.6 cm³/mol. The Morgan fingerprint density at radius 1 is 1.10 bits per heavy atom. The quantitative estimate of drug-likeness (QED) is 0.872. The summed E-state index contributed by atoms with van der Waals surface area (Å²) in [7, 11) is 5.83. The molecule has 0 unspecified atom stereocenters. The van der Waals surface area contributed by atoms with Crippen LogP contribution < -0.4 is 0 Å². The molecule has 1 rings (SSSR count). The minimum Gasteiger partial charge on any atom is -0.507 e. The van der Waals surface area contributed by atoms with Crippen molar-refractivity contribution in [2.45, 2.75) is 19.1 Å². The van der Waals surface area contributed by atoms with Gasteiger partial charge in [0, 0.05) is 6.54 Å². The molecule has 0 amide bonds. The summed E-state index contributed by atoms with van der Waals surface area (Å²) in [5.74, 6) is -0.725. The van der Waals surface area contributed by atoms with Crippen molar-refractivity contribution >= 4 is 0 Å². The van der Waals surface area contributed by atoms with E-state index in [4.69, 9.17) is 0 Å². The van der Waals surface area contributed by atoms with Gasteiger partial charge in [-0.05, 0) is 58.3 Å². The molecule has 0 aliphatic rings. The Labute approximate surface area is 117 Å². The molecule has 0 heterocycles. The van der Waals surface area contributed by atoms with Crippen molar-refractivity contribution < 1.29 is 18.3 Å². The summed E-state index contributed by atoms with van der Waals surface area (Å²) in [5, 5.41) is 9.27. The first-order valence-corrected chi connectivity index (χ1v) is 6.42. The van der Waals surface area contributed by atoms with E-state index in [1.807, 2.05) is 26.0 Å². The van der Waals surface area contributed by atoms with E-state index in [1.165, 1.54) is 6.07 Å². The Kier molecular flexibility index (Phi) is 5.83. The lowest BCUT2D eigenvalue weighted by atomic mass is 10.1. The molecule has 0 saturated carbocycles. The van der Waals surface area contributed by atoms with Gasteiger partial charge < -0.3 is 14.9 Å². The number of alkyl halides is 3. The van der Waals surface area contributed by atoms with E-state index < -0.39 is 17.5 Å². The second kappa shape index (κ2) is 6.95. The molecule has 0 saturated heterocycles. The SMILES string of the molecule is CN(C)CCCN(C)Cc1ccc(O)c(C(F)(F)F)c1. The van der Waals surface area contributed by atoms with Crippen LogP contribution >= 0.6 is 0 Å². The molecule has 1 aromatic rings. The van der Waals surface area contributed by atoms with E-state index >= 15 is 0 Å². The van der Waals surface area contributed by atoms with Crippen LogP contribution in [-0.4, -0.2) is 49.1 Å². The van der Waals surface area contributed by atoms with Crippen LogP contribution in [0.4, 0.5) is 13.2 Å². The summed E-state index contributed by atoms with van der Waals surface area (Å²) in [6, 6.07) is 3.64. The molecule has 0 spiro atoms. The predicted octanol–water partition coefficient (Wildman–Crippen LogP) is 2.79. The highest BCUT2D eigenvalue weighted by atomic mass is 19.4. The molecular formula is C14H21F3N2O. The van der Waals surface area contributed by atoms with Crippen LogP contribution in [0.25, 0.3) is 0 Å². The van der Waals surface area contributed by atoms with Crippen molar-refractivity contribution in [2.75, 3.05) is 34.2 Å². The highest BCUT2D eigenvalue weighted by Gasteiger charge is 2.33. The van der Waals surface area contributed by atoms with Crippen molar-refractivity contribution in [2.24, 2.45) is 0 Å². The van der Waals surface area contributed by atoms with Gasteiger partial charge in [0.05, 0.1) is 5.56 Å². The Balaban J connectivity index is 2.64. The van der Waals surface area contributed by atoms with Gasteiger partial charge >= 0.3 is 6.18 Å². The molecule has 3 nitrogen and oxygen atoms in total. The van der Waals surface area contributed by atoms with E-state index in [0.717, 1.165) is 31.6 Å². The molecule has 0 aromatic heterocycles. The molecule has 1 aromatic carbocycles. The minimum atomic E-state index is -4.52. The number of phenols is 1. The molecule has 0 radical (unpaired) electrons. The molecule has 114 valence electrons. The van der Waals surface area contributed by atoms with E-state index in [0.29, 0.717) is 12.1 Å². The second-order valence-electron chi connectivity index (χ2n) is 5.24. The summed E-state index contributed by atoms with van der Waals surface area (Å²) in [6.45, 7) is 2.17. The number of phenolic OH excluding ortho intramolecular Hbond substituents is 1. The summed E-state index contributed by atoms with van der Waals surface area (Å²) in [5.41, 5.74) is -0.431. The van der Waals surface area contributed by atoms with Gasteiger partial charge in [-0.15, -0.1) is 0 Å². The molecule has 0 bridgehead atoms. The third-order valence-electron chi connectivity index (χ3n) is 2.96. The van der Waals surface area contributed by atoms with Gasteiger partial charge in [-0.1, -0.05) is 6.07 Å². The average Bonchev–Trinajstić information content (AvgIpc) is 2.29. The first-order valence-electron chi connectivity index (χ1n) is 6.42.